The number of fused-ring (bicyclic) bond motifs is 1. The van der Waals surface area contributed by atoms with E-state index >= 15 is 0 Å². The lowest BCUT2D eigenvalue weighted by atomic mass is 10.1. The fourth-order valence-electron chi connectivity index (χ4n) is 2.97. The summed E-state index contributed by atoms with van der Waals surface area (Å²) in [5.41, 5.74) is 2.13. The number of hydrogen-bond acceptors (Lipinski definition) is 6. The van der Waals surface area contributed by atoms with Crippen molar-refractivity contribution in [1.29, 1.82) is 0 Å². The van der Waals surface area contributed by atoms with Gasteiger partial charge in [-0.25, -0.2) is 4.79 Å². The number of hydrogen-bond donors (Lipinski definition) is 0. The summed E-state index contributed by atoms with van der Waals surface area (Å²) in [6.07, 6.45) is 0.506. The molecule has 0 spiro atoms. The standard InChI is InChI=1S/C24H26O6/c1-14(2)12-28-24(26)17(5)29-18-6-7-20-21(11-18)27-13-22(23(20)25)30-19-9-15(3)8-16(4)10-19/h6-11,13-14,17H,12H2,1-5H3/t17-/m0/s1. The van der Waals surface area contributed by atoms with Crippen molar-refractivity contribution in [1.82, 2.24) is 0 Å². The van der Waals surface area contributed by atoms with Gasteiger partial charge in [0, 0.05) is 6.07 Å². The highest BCUT2D eigenvalue weighted by Crippen LogP contribution is 2.25. The maximum atomic E-state index is 12.8. The fourth-order valence-corrected chi connectivity index (χ4v) is 2.97. The van der Waals surface area contributed by atoms with Gasteiger partial charge < -0.3 is 18.6 Å². The van der Waals surface area contributed by atoms with Crippen molar-refractivity contribution in [3.8, 4) is 17.2 Å². The predicted octanol–water partition coefficient (Wildman–Crippen LogP) is 5.17. The summed E-state index contributed by atoms with van der Waals surface area (Å²) in [4.78, 5) is 24.8. The van der Waals surface area contributed by atoms with Gasteiger partial charge in [0.1, 0.15) is 23.3 Å². The molecule has 1 aromatic heterocycles. The topological polar surface area (TPSA) is 75.0 Å². The molecule has 0 N–H and O–H groups in total. The van der Waals surface area contributed by atoms with E-state index in [1.807, 2.05) is 45.9 Å². The third-order valence-corrected chi connectivity index (χ3v) is 4.34. The average molecular weight is 410 g/mol. The van der Waals surface area contributed by atoms with Crippen LogP contribution >= 0.6 is 0 Å². The molecule has 1 heterocycles. The van der Waals surface area contributed by atoms with Gasteiger partial charge in [0.25, 0.3) is 0 Å². The van der Waals surface area contributed by atoms with Gasteiger partial charge in [0.05, 0.1) is 12.0 Å². The Morgan fingerprint density at radius 2 is 1.70 bits per heavy atom. The van der Waals surface area contributed by atoms with E-state index in [-0.39, 0.29) is 17.1 Å². The van der Waals surface area contributed by atoms with Crippen LogP contribution in [0.3, 0.4) is 0 Å². The quantitative estimate of drug-likeness (QED) is 0.500. The van der Waals surface area contributed by atoms with Gasteiger partial charge >= 0.3 is 5.97 Å². The first-order valence-electron chi connectivity index (χ1n) is 9.88. The number of aryl methyl sites for hydroxylation is 2. The lowest BCUT2D eigenvalue weighted by Crippen LogP contribution is -2.27. The van der Waals surface area contributed by atoms with E-state index in [0.29, 0.717) is 29.1 Å². The lowest BCUT2D eigenvalue weighted by molar-refractivity contribution is -0.152. The molecular formula is C24H26O6. The van der Waals surface area contributed by atoms with Crippen LogP contribution in [0.15, 0.2) is 51.9 Å². The molecule has 6 heteroatoms. The lowest BCUT2D eigenvalue weighted by Gasteiger charge is -2.15. The molecule has 0 aliphatic carbocycles. The summed E-state index contributed by atoms with van der Waals surface area (Å²) in [7, 11) is 0. The third-order valence-electron chi connectivity index (χ3n) is 4.34. The molecule has 0 radical (unpaired) electrons. The summed E-state index contributed by atoms with van der Waals surface area (Å²) in [6.45, 7) is 9.80. The van der Waals surface area contributed by atoms with Gasteiger partial charge in [0.15, 0.2) is 6.10 Å². The highest BCUT2D eigenvalue weighted by molar-refractivity contribution is 5.79. The SMILES string of the molecule is Cc1cc(C)cc(Oc2coc3cc(O[C@@H](C)C(=O)OCC(C)C)ccc3c2=O)c1. The minimum Gasteiger partial charge on any atom is -0.479 e. The van der Waals surface area contributed by atoms with Crippen LogP contribution in [0.2, 0.25) is 0 Å². The van der Waals surface area contributed by atoms with Crippen LogP contribution in [0.25, 0.3) is 11.0 Å². The normalized spacial score (nSPS) is 12.1. The summed E-state index contributed by atoms with van der Waals surface area (Å²) in [5, 5.41) is 0.360. The van der Waals surface area contributed by atoms with E-state index in [4.69, 9.17) is 18.6 Å². The molecule has 0 unspecified atom stereocenters. The minimum absolute atomic E-state index is 0.104. The summed E-state index contributed by atoms with van der Waals surface area (Å²) in [6, 6.07) is 10.5. The molecule has 0 amide bonds. The van der Waals surface area contributed by atoms with Crippen molar-refractivity contribution in [2.75, 3.05) is 6.61 Å². The molecule has 2 aromatic carbocycles. The van der Waals surface area contributed by atoms with E-state index in [0.717, 1.165) is 11.1 Å². The Labute approximate surface area is 175 Å². The van der Waals surface area contributed by atoms with Crippen molar-refractivity contribution in [2.45, 2.75) is 40.7 Å². The summed E-state index contributed by atoms with van der Waals surface area (Å²) < 4.78 is 22.2. The van der Waals surface area contributed by atoms with Crippen LogP contribution in [-0.4, -0.2) is 18.7 Å². The predicted molar refractivity (Wildman–Crippen MR) is 114 cm³/mol. The van der Waals surface area contributed by atoms with E-state index in [9.17, 15) is 9.59 Å². The first-order chi connectivity index (χ1) is 14.2. The molecule has 0 fully saturated rings. The first kappa shape index (κ1) is 21.4. The number of carbonyl (C=O) groups excluding carboxylic acids is 1. The van der Waals surface area contributed by atoms with Crippen molar-refractivity contribution in [3.05, 3.63) is 64.0 Å². The Kier molecular flexibility index (Phi) is 6.45. The fraction of sp³-hybridized carbons (Fsp3) is 0.333. The maximum absolute atomic E-state index is 12.8. The molecule has 0 bridgehead atoms. The van der Waals surface area contributed by atoms with Gasteiger partial charge in [-0.15, -0.1) is 0 Å². The van der Waals surface area contributed by atoms with Crippen LogP contribution in [0.1, 0.15) is 31.9 Å². The monoisotopic (exact) mass is 410 g/mol. The molecule has 3 rings (SSSR count). The summed E-state index contributed by atoms with van der Waals surface area (Å²) in [5.74, 6) is 0.890. The Morgan fingerprint density at radius 1 is 1.00 bits per heavy atom. The third kappa shape index (κ3) is 5.20. The Hall–Kier alpha value is -3.28. The molecule has 0 saturated heterocycles. The van der Waals surface area contributed by atoms with Crippen molar-refractivity contribution >= 4 is 16.9 Å². The van der Waals surface area contributed by atoms with E-state index in [2.05, 4.69) is 0 Å². The number of benzene rings is 2. The Balaban J connectivity index is 1.79. The van der Waals surface area contributed by atoms with E-state index in [1.54, 1.807) is 25.1 Å². The zero-order valence-corrected chi connectivity index (χ0v) is 17.9. The van der Waals surface area contributed by atoms with Crippen molar-refractivity contribution in [3.63, 3.8) is 0 Å². The van der Waals surface area contributed by atoms with Crippen molar-refractivity contribution in [2.24, 2.45) is 5.92 Å². The molecule has 0 aliphatic rings. The van der Waals surface area contributed by atoms with Crippen molar-refractivity contribution < 1.29 is 23.4 Å². The average Bonchev–Trinajstić information content (AvgIpc) is 2.67. The second kappa shape index (κ2) is 9.03. The van der Waals surface area contributed by atoms with E-state index < -0.39 is 12.1 Å². The Morgan fingerprint density at radius 3 is 2.37 bits per heavy atom. The largest absolute Gasteiger partial charge is 0.479 e. The zero-order valence-electron chi connectivity index (χ0n) is 17.9. The number of carbonyl (C=O) groups is 1. The molecule has 30 heavy (non-hydrogen) atoms. The van der Waals surface area contributed by atoms with Crippen LogP contribution in [-0.2, 0) is 9.53 Å². The molecule has 6 nitrogen and oxygen atoms in total. The van der Waals surface area contributed by atoms with Gasteiger partial charge in [-0.3, -0.25) is 4.79 Å². The molecule has 158 valence electrons. The number of ether oxygens (including phenoxy) is 3. The highest BCUT2D eigenvalue weighted by atomic mass is 16.6. The number of esters is 1. The van der Waals surface area contributed by atoms with E-state index in [1.165, 1.54) is 6.26 Å². The first-order valence-corrected chi connectivity index (χ1v) is 9.88. The van der Waals surface area contributed by atoms with Crippen LogP contribution < -0.4 is 14.9 Å². The number of rotatable bonds is 7. The van der Waals surface area contributed by atoms with Crippen LogP contribution in [0.4, 0.5) is 0 Å². The molecule has 1 atom stereocenters. The highest BCUT2D eigenvalue weighted by Gasteiger charge is 2.18. The van der Waals surface area contributed by atoms with Gasteiger partial charge in [-0.1, -0.05) is 19.9 Å². The Bertz CT molecular complexity index is 1090. The zero-order chi connectivity index (χ0) is 21.8. The molecule has 3 aromatic rings. The second-order valence-corrected chi connectivity index (χ2v) is 7.80. The second-order valence-electron chi connectivity index (χ2n) is 7.80. The maximum Gasteiger partial charge on any atom is 0.347 e. The van der Waals surface area contributed by atoms with Gasteiger partial charge in [-0.05, 0) is 62.1 Å². The molecular weight excluding hydrogens is 384 g/mol. The summed E-state index contributed by atoms with van der Waals surface area (Å²) >= 11 is 0. The minimum atomic E-state index is -0.778. The van der Waals surface area contributed by atoms with Gasteiger partial charge in [-0.2, -0.15) is 0 Å². The van der Waals surface area contributed by atoms with Gasteiger partial charge in [0.2, 0.25) is 11.2 Å². The molecule has 0 saturated carbocycles. The van der Waals surface area contributed by atoms with Crippen LogP contribution in [0, 0.1) is 19.8 Å². The molecule has 0 aliphatic heterocycles. The smallest absolute Gasteiger partial charge is 0.347 e. The van der Waals surface area contributed by atoms with Crippen LogP contribution in [0.5, 0.6) is 17.2 Å².